The summed E-state index contributed by atoms with van der Waals surface area (Å²) in [6.45, 7) is 0. The zero-order valence-corrected chi connectivity index (χ0v) is 44.5. The lowest BCUT2D eigenvalue weighted by molar-refractivity contribution is 1.15. The summed E-state index contributed by atoms with van der Waals surface area (Å²) in [4.78, 5) is 14.3. The predicted octanol–water partition coefficient (Wildman–Crippen LogP) is 18.3. The highest BCUT2D eigenvalue weighted by Gasteiger charge is 2.24. The number of nitriles is 4. The van der Waals surface area contributed by atoms with Crippen LogP contribution in [0.5, 0.6) is 0 Å². The Labute approximate surface area is 480 Å². The molecule has 0 radical (unpaired) electrons. The standard InChI is InChI=1S/C74H45N9/c75-46-54-17-13-15-27-65(54)70-45-69(79-74(80-70)66-28-16-14-18-55(66)47-76)53-35-33-51(34-36-53)50-29-31-52(32-30-50)56-41-57(48-77)73(58(42-56)49-78)83-71-39-37-63(81(59-19-5-1-6-20-59)60-21-7-2-8-22-60)43-67(71)68-44-64(38-40-72(68)83)82(61-23-9-3-10-24-61)62-25-11-4-12-26-62/h1-45H. The molecule has 2 heterocycles. The first-order valence-electron chi connectivity index (χ1n) is 26.9. The summed E-state index contributed by atoms with van der Waals surface area (Å²) < 4.78 is 2.08. The molecule has 83 heavy (non-hydrogen) atoms. The first-order chi connectivity index (χ1) is 41.0. The number of aromatic nitrogens is 3. The van der Waals surface area contributed by atoms with Gasteiger partial charge in [-0.1, -0.05) is 152 Å². The molecule has 0 aliphatic heterocycles. The van der Waals surface area contributed by atoms with Gasteiger partial charge >= 0.3 is 0 Å². The molecule has 0 amide bonds. The zero-order valence-electron chi connectivity index (χ0n) is 44.5. The van der Waals surface area contributed by atoms with Gasteiger partial charge in [0.25, 0.3) is 0 Å². The van der Waals surface area contributed by atoms with Crippen molar-refractivity contribution in [2.75, 3.05) is 9.80 Å². The Hall–Kier alpha value is -12.1. The summed E-state index contributed by atoms with van der Waals surface area (Å²) in [5, 5.41) is 44.2. The van der Waals surface area contributed by atoms with E-state index in [9.17, 15) is 21.0 Å². The van der Waals surface area contributed by atoms with Crippen LogP contribution in [0.4, 0.5) is 34.1 Å². The topological polar surface area (TPSA) is 132 Å². The molecule has 0 aliphatic rings. The second kappa shape index (κ2) is 21.9. The summed E-state index contributed by atoms with van der Waals surface area (Å²) in [7, 11) is 0. The van der Waals surface area contributed by atoms with Gasteiger partial charge in [-0.3, -0.25) is 0 Å². The molecule has 0 saturated heterocycles. The number of benzene rings is 11. The number of hydrogen-bond donors (Lipinski definition) is 0. The molecule has 9 heteroatoms. The molecule has 13 aromatic rings. The quantitative estimate of drug-likeness (QED) is 0.118. The van der Waals surface area contributed by atoms with Crippen molar-refractivity contribution in [3.05, 3.63) is 295 Å². The Bertz CT molecular complexity index is 4430. The summed E-state index contributed by atoms with van der Waals surface area (Å²) in [5.74, 6) is 0.386. The lowest BCUT2D eigenvalue weighted by Gasteiger charge is -2.26. The number of para-hydroxylation sites is 4. The van der Waals surface area contributed by atoms with Gasteiger partial charge in [-0.25, -0.2) is 9.97 Å². The van der Waals surface area contributed by atoms with E-state index in [0.29, 0.717) is 56.3 Å². The molecule has 0 atom stereocenters. The number of rotatable bonds is 12. The van der Waals surface area contributed by atoms with Crippen molar-refractivity contribution in [1.29, 1.82) is 21.0 Å². The van der Waals surface area contributed by atoms with Crippen molar-refractivity contribution >= 4 is 55.9 Å². The van der Waals surface area contributed by atoms with Gasteiger partial charge in [-0.15, -0.1) is 0 Å². The van der Waals surface area contributed by atoms with E-state index in [4.69, 9.17) is 9.97 Å². The molecule has 0 bridgehead atoms. The third kappa shape index (κ3) is 9.52. The SMILES string of the molecule is N#Cc1ccccc1-c1cc(-c2ccc(-c3ccc(-c4cc(C#N)c(-n5c6ccc(N(c7ccccc7)c7ccccc7)cc6c6cc(N(c7ccccc7)c7ccccc7)ccc65)c(C#N)c4)cc3)cc2)nc(-c2ccccc2C#N)n1. The summed E-state index contributed by atoms with van der Waals surface area (Å²) in [5.41, 5.74) is 16.6. The van der Waals surface area contributed by atoms with Crippen molar-refractivity contribution < 1.29 is 0 Å². The Kier molecular flexibility index (Phi) is 13.3. The third-order valence-corrected chi connectivity index (χ3v) is 15.0. The van der Waals surface area contributed by atoms with Crippen molar-refractivity contribution in [2.24, 2.45) is 0 Å². The average molecular weight is 1060 g/mol. The first-order valence-corrected chi connectivity index (χ1v) is 26.9. The van der Waals surface area contributed by atoms with Crippen molar-refractivity contribution in [1.82, 2.24) is 14.5 Å². The van der Waals surface area contributed by atoms with Crippen molar-refractivity contribution in [3.8, 4) is 86.1 Å². The summed E-state index contributed by atoms with van der Waals surface area (Å²) in [6.07, 6.45) is 0. The van der Waals surface area contributed by atoms with Gasteiger partial charge in [-0.05, 0) is 144 Å². The highest BCUT2D eigenvalue weighted by Crippen LogP contribution is 2.44. The molecule has 0 fully saturated rings. The zero-order chi connectivity index (χ0) is 56.2. The van der Waals surface area contributed by atoms with Crippen LogP contribution in [0.3, 0.4) is 0 Å². The second-order valence-corrected chi connectivity index (χ2v) is 19.8. The molecule has 0 saturated carbocycles. The molecular weight excluding hydrogens is 1010 g/mol. The predicted molar refractivity (Wildman–Crippen MR) is 332 cm³/mol. The molecule has 11 aromatic carbocycles. The normalized spacial score (nSPS) is 10.8. The molecule has 0 unspecified atom stereocenters. The maximum atomic E-state index is 11.2. The molecule has 9 nitrogen and oxygen atoms in total. The smallest absolute Gasteiger partial charge is 0.161 e. The van der Waals surface area contributed by atoms with Crippen LogP contribution in [-0.4, -0.2) is 14.5 Å². The number of nitrogens with zero attached hydrogens (tertiary/aromatic N) is 9. The lowest BCUT2D eigenvalue weighted by atomic mass is 9.95. The van der Waals surface area contributed by atoms with E-state index in [2.05, 4.69) is 124 Å². The molecule has 0 spiro atoms. The van der Waals surface area contributed by atoms with Crippen LogP contribution in [-0.2, 0) is 0 Å². The monoisotopic (exact) mass is 1060 g/mol. The van der Waals surface area contributed by atoms with Gasteiger partial charge in [0.05, 0.1) is 62.5 Å². The van der Waals surface area contributed by atoms with E-state index in [1.165, 1.54) is 0 Å². The fourth-order valence-corrected chi connectivity index (χ4v) is 11.1. The Balaban J connectivity index is 0.892. The molecule has 0 N–H and O–H groups in total. The van der Waals surface area contributed by atoms with Crippen LogP contribution in [0.2, 0.25) is 0 Å². The minimum atomic E-state index is 0.360. The summed E-state index contributed by atoms with van der Waals surface area (Å²) >= 11 is 0. The third-order valence-electron chi connectivity index (χ3n) is 15.0. The Morgan fingerprint density at radius 1 is 0.289 bits per heavy atom. The van der Waals surface area contributed by atoms with E-state index in [-0.39, 0.29) is 0 Å². The maximum Gasteiger partial charge on any atom is 0.161 e. The van der Waals surface area contributed by atoms with Crippen LogP contribution in [0.15, 0.2) is 273 Å². The molecule has 13 rings (SSSR count). The minimum Gasteiger partial charge on any atom is -0.310 e. The van der Waals surface area contributed by atoms with Gasteiger partial charge in [0.2, 0.25) is 0 Å². The van der Waals surface area contributed by atoms with Gasteiger partial charge in [0.15, 0.2) is 5.82 Å². The van der Waals surface area contributed by atoms with E-state index >= 15 is 0 Å². The van der Waals surface area contributed by atoms with Crippen molar-refractivity contribution in [2.45, 2.75) is 0 Å². The van der Waals surface area contributed by atoms with E-state index in [1.54, 1.807) is 12.1 Å². The number of hydrogen-bond acceptors (Lipinski definition) is 8. The maximum absolute atomic E-state index is 11.2. The highest BCUT2D eigenvalue weighted by molar-refractivity contribution is 6.12. The lowest BCUT2D eigenvalue weighted by Crippen LogP contribution is -2.09. The second-order valence-electron chi connectivity index (χ2n) is 19.8. The summed E-state index contributed by atoms with van der Waals surface area (Å²) in [6, 6.07) is 100. The van der Waals surface area contributed by atoms with E-state index in [0.717, 1.165) is 83.7 Å². The van der Waals surface area contributed by atoms with Gasteiger partial charge < -0.3 is 14.4 Å². The number of fused-ring (bicyclic) bond motifs is 3. The first kappa shape index (κ1) is 50.4. The van der Waals surface area contributed by atoms with Crippen LogP contribution in [0.1, 0.15) is 22.3 Å². The van der Waals surface area contributed by atoms with Gasteiger partial charge in [-0.2, -0.15) is 21.0 Å². The van der Waals surface area contributed by atoms with Crippen LogP contribution in [0, 0.1) is 45.3 Å². The minimum absolute atomic E-state index is 0.360. The molecule has 2 aromatic heterocycles. The molecular formula is C74H45N9. The Morgan fingerprint density at radius 3 is 1.08 bits per heavy atom. The van der Waals surface area contributed by atoms with Crippen LogP contribution < -0.4 is 9.80 Å². The number of anilines is 6. The fraction of sp³-hybridized carbons (Fsp3) is 0. The highest BCUT2D eigenvalue weighted by atomic mass is 15.1. The molecule has 0 aliphatic carbocycles. The van der Waals surface area contributed by atoms with Gasteiger partial charge in [0, 0.05) is 61.6 Å². The van der Waals surface area contributed by atoms with Crippen LogP contribution >= 0.6 is 0 Å². The molecule has 386 valence electrons. The largest absolute Gasteiger partial charge is 0.310 e. The average Bonchev–Trinajstić information content (AvgIpc) is 2.54. The van der Waals surface area contributed by atoms with Gasteiger partial charge in [0.1, 0.15) is 12.1 Å². The van der Waals surface area contributed by atoms with Crippen LogP contribution in [0.25, 0.3) is 83.6 Å². The fourth-order valence-electron chi connectivity index (χ4n) is 11.1. The Morgan fingerprint density at radius 2 is 0.651 bits per heavy atom. The van der Waals surface area contributed by atoms with E-state index < -0.39 is 0 Å². The van der Waals surface area contributed by atoms with E-state index in [1.807, 2.05) is 176 Å². The van der Waals surface area contributed by atoms with Crippen molar-refractivity contribution in [3.63, 3.8) is 0 Å².